The average molecular weight is 899 g/mol. The zero-order valence-electron chi connectivity index (χ0n) is 30.4. The van der Waals surface area contributed by atoms with Crippen LogP contribution in [0.3, 0.4) is 0 Å². The van der Waals surface area contributed by atoms with Crippen LogP contribution in [0.2, 0.25) is 0 Å². The minimum Gasteiger partial charge on any atom is -0.466 e. The van der Waals surface area contributed by atoms with E-state index < -0.39 is 26.8 Å². The number of rotatable bonds is 12. The highest BCUT2D eigenvalue weighted by Gasteiger charge is 2.47. The van der Waals surface area contributed by atoms with E-state index in [-0.39, 0.29) is 19.4 Å². The lowest BCUT2D eigenvalue weighted by atomic mass is 10.3. The Balaban J connectivity index is 0.000000208. The molecule has 4 aromatic carbocycles. The van der Waals surface area contributed by atoms with Crippen molar-refractivity contribution in [3.8, 4) is 0 Å². The fraction of sp³-hybridized carbons (Fsp3) is 0.250. The number of hydrogen-bond acceptors (Lipinski definition) is 6. The first-order chi connectivity index (χ1) is 25.9. The maximum absolute atomic E-state index is 14.4. The number of benzene rings is 4. The normalized spacial score (nSPS) is 15.6. The third-order valence-corrected chi connectivity index (χ3v) is 16.2. The lowest BCUT2D eigenvalue weighted by molar-refractivity contribution is -0.143. The van der Waals surface area contributed by atoms with E-state index in [0.717, 1.165) is 31.7 Å². The summed E-state index contributed by atoms with van der Waals surface area (Å²) >= 11 is 6.87. The number of anilines is 4. The standard InChI is InChI=1S/C20H21Br2N2O3P.C20H23N2O3P/c1-3-27-20(25)14-15(2)28(26)23(18-8-4-16(21)5-9-18)12-13-24(28)19-10-6-17(22)7-11-19;1-3-25-20(23)16-17(2)26(24)21(18-10-6-4-7-11-18)14-15-22(26)19-12-8-5-9-13-19/h4-11H,2-3,12-14H2,1H3;4-13H,2-3,14-16H2,1H3. The Bertz CT molecular complexity index is 1930. The molecule has 0 spiro atoms. The molecule has 2 aliphatic rings. The van der Waals surface area contributed by atoms with Gasteiger partial charge in [-0.1, -0.05) is 81.4 Å². The average Bonchev–Trinajstić information content (AvgIpc) is 3.71. The van der Waals surface area contributed by atoms with Crippen molar-refractivity contribution in [3.05, 3.63) is 142 Å². The van der Waals surface area contributed by atoms with Gasteiger partial charge in [0, 0.05) is 68.5 Å². The largest absolute Gasteiger partial charge is 0.466 e. The number of carbonyl (C=O) groups excluding carboxylic acids is 2. The topological polar surface area (TPSA) is 99.7 Å². The fourth-order valence-corrected chi connectivity index (χ4v) is 12.7. The molecule has 6 rings (SSSR count). The van der Waals surface area contributed by atoms with Gasteiger partial charge >= 0.3 is 11.9 Å². The molecular formula is C40H44Br2N4O6P2. The number of nitrogens with zero attached hydrogens (tertiary/aromatic N) is 4. The van der Waals surface area contributed by atoms with Gasteiger partial charge in [0.15, 0.2) is 0 Å². The number of para-hydroxylation sites is 2. The van der Waals surface area contributed by atoms with Crippen molar-refractivity contribution < 1.29 is 28.2 Å². The second kappa shape index (κ2) is 18.5. The molecule has 0 N–H and O–H groups in total. The summed E-state index contributed by atoms with van der Waals surface area (Å²) in [4.78, 5) is 24.1. The maximum Gasteiger partial charge on any atom is 0.310 e. The number of esters is 2. The summed E-state index contributed by atoms with van der Waals surface area (Å²) in [6, 6.07) is 34.5. The monoisotopic (exact) mass is 896 g/mol. The Morgan fingerprint density at radius 3 is 1.09 bits per heavy atom. The van der Waals surface area contributed by atoms with Gasteiger partial charge in [-0.2, -0.15) is 0 Å². The summed E-state index contributed by atoms with van der Waals surface area (Å²) in [7, 11) is -6.52. The molecule has 0 aliphatic carbocycles. The minimum absolute atomic E-state index is 0.0578. The zero-order chi connectivity index (χ0) is 38.9. The van der Waals surface area contributed by atoms with Crippen molar-refractivity contribution >= 4 is 81.4 Å². The third kappa shape index (κ3) is 9.06. The molecule has 2 heterocycles. The summed E-state index contributed by atoms with van der Waals surface area (Å²) in [5.74, 6) is -0.818. The fourth-order valence-electron chi connectivity index (χ4n) is 6.40. The van der Waals surface area contributed by atoms with Crippen LogP contribution in [-0.2, 0) is 28.2 Å². The van der Waals surface area contributed by atoms with Crippen LogP contribution in [0.15, 0.2) is 142 Å². The Morgan fingerprint density at radius 2 is 0.815 bits per heavy atom. The lowest BCUT2D eigenvalue weighted by Gasteiger charge is -2.33. The first-order valence-electron chi connectivity index (χ1n) is 17.5. The molecule has 54 heavy (non-hydrogen) atoms. The van der Waals surface area contributed by atoms with Crippen molar-refractivity contribution in [2.45, 2.75) is 26.7 Å². The van der Waals surface area contributed by atoms with Gasteiger partial charge in [0.25, 0.3) is 14.9 Å². The van der Waals surface area contributed by atoms with Gasteiger partial charge in [0.2, 0.25) is 0 Å². The molecule has 2 aliphatic heterocycles. The summed E-state index contributed by atoms with van der Waals surface area (Å²) in [5.41, 5.74) is 3.38. The molecule has 0 atom stereocenters. The van der Waals surface area contributed by atoms with Crippen LogP contribution in [0.4, 0.5) is 22.7 Å². The summed E-state index contributed by atoms with van der Waals surface area (Å²) in [5, 5.41) is 0.760. The van der Waals surface area contributed by atoms with Crippen LogP contribution in [-0.4, -0.2) is 51.3 Å². The highest BCUT2D eigenvalue weighted by Crippen LogP contribution is 2.67. The second-order valence-corrected chi connectivity index (χ2v) is 19.5. The first-order valence-corrected chi connectivity index (χ1v) is 22.4. The van der Waals surface area contributed by atoms with E-state index in [1.54, 1.807) is 13.8 Å². The Labute approximate surface area is 334 Å². The summed E-state index contributed by atoms with van der Waals surface area (Å²) in [6.07, 6.45) is -0.136. The SMILES string of the molecule is C=C(CC(=O)OCC)P1(=O)N(c2ccc(Br)cc2)CCN1c1ccc(Br)cc1.C=C(CC(=O)OCC)P1(=O)N(c2ccccc2)CCN1c1ccccc1. The van der Waals surface area contributed by atoms with Crippen molar-refractivity contribution in [1.29, 1.82) is 0 Å². The third-order valence-electron chi connectivity index (χ3n) is 8.85. The predicted octanol–water partition coefficient (Wildman–Crippen LogP) is 10.9. The molecule has 0 saturated carbocycles. The molecule has 0 aromatic heterocycles. The number of halogens is 2. The molecule has 0 radical (unpaired) electrons. The van der Waals surface area contributed by atoms with E-state index in [2.05, 4.69) is 45.0 Å². The number of hydrogen-bond donors (Lipinski definition) is 0. The van der Waals surface area contributed by atoms with Crippen LogP contribution < -0.4 is 18.7 Å². The van der Waals surface area contributed by atoms with E-state index in [4.69, 9.17) is 9.47 Å². The summed E-state index contributed by atoms with van der Waals surface area (Å²) < 4.78 is 48.1. The van der Waals surface area contributed by atoms with Gasteiger partial charge in [-0.15, -0.1) is 0 Å². The highest BCUT2D eigenvalue weighted by molar-refractivity contribution is 9.10. The molecule has 10 nitrogen and oxygen atoms in total. The molecule has 4 aromatic rings. The van der Waals surface area contributed by atoms with E-state index in [0.29, 0.717) is 43.4 Å². The van der Waals surface area contributed by atoms with Gasteiger partial charge in [0.05, 0.1) is 26.1 Å². The number of carbonyl (C=O) groups is 2. The quantitative estimate of drug-likeness (QED) is 0.101. The van der Waals surface area contributed by atoms with E-state index in [9.17, 15) is 18.7 Å². The highest BCUT2D eigenvalue weighted by atomic mass is 79.9. The zero-order valence-corrected chi connectivity index (χ0v) is 35.3. The van der Waals surface area contributed by atoms with Gasteiger partial charge in [-0.05, 0) is 86.6 Å². The molecule has 0 unspecified atom stereocenters. The maximum atomic E-state index is 14.4. The van der Waals surface area contributed by atoms with Crippen LogP contribution in [0.25, 0.3) is 0 Å². The van der Waals surface area contributed by atoms with Crippen molar-refractivity contribution in [2.75, 3.05) is 58.1 Å². The van der Waals surface area contributed by atoms with Crippen LogP contribution >= 0.6 is 46.7 Å². The van der Waals surface area contributed by atoms with Crippen LogP contribution in [0.1, 0.15) is 26.7 Å². The Kier molecular flexibility index (Phi) is 14.1. The van der Waals surface area contributed by atoms with Crippen molar-refractivity contribution in [1.82, 2.24) is 0 Å². The summed E-state index contributed by atoms with van der Waals surface area (Å²) in [6.45, 7) is 14.5. The number of ether oxygens (including phenoxy) is 2. The second-order valence-electron chi connectivity index (χ2n) is 12.3. The Morgan fingerprint density at radius 1 is 0.537 bits per heavy atom. The van der Waals surface area contributed by atoms with Crippen LogP contribution in [0, 0.1) is 0 Å². The van der Waals surface area contributed by atoms with Crippen molar-refractivity contribution in [3.63, 3.8) is 0 Å². The first kappa shape index (κ1) is 41.1. The Hall–Kier alpha value is -4.08. The van der Waals surface area contributed by atoms with Gasteiger partial charge in [0.1, 0.15) is 0 Å². The van der Waals surface area contributed by atoms with E-state index >= 15 is 0 Å². The molecule has 2 saturated heterocycles. The van der Waals surface area contributed by atoms with Gasteiger partial charge < -0.3 is 28.2 Å². The predicted molar refractivity (Wildman–Crippen MR) is 227 cm³/mol. The molecule has 0 amide bonds. The molecule has 2 fully saturated rings. The van der Waals surface area contributed by atoms with Gasteiger partial charge in [-0.3, -0.25) is 18.7 Å². The molecular weight excluding hydrogens is 854 g/mol. The minimum atomic E-state index is -3.29. The van der Waals surface area contributed by atoms with E-state index in [1.807, 2.05) is 128 Å². The molecule has 284 valence electrons. The molecule has 0 bridgehead atoms. The van der Waals surface area contributed by atoms with Crippen molar-refractivity contribution in [2.24, 2.45) is 0 Å². The van der Waals surface area contributed by atoms with Gasteiger partial charge in [-0.25, -0.2) is 0 Å². The van der Waals surface area contributed by atoms with Crippen LogP contribution in [0.5, 0.6) is 0 Å². The van der Waals surface area contributed by atoms with E-state index in [1.165, 1.54) is 0 Å². The molecule has 14 heteroatoms. The smallest absolute Gasteiger partial charge is 0.310 e. The lowest BCUT2D eigenvalue weighted by Crippen LogP contribution is -2.21.